The van der Waals surface area contributed by atoms with Crippen molar-refractivity contribution in [3.63, 3.8) is 0 Å². The minimum atomic E-state index is 0.294. The summed E-state index contributed by atoms with van der Waals surface area (Å²) in [5, 5.41) is 3.86. The van der Waals surface area contributed by atoms with E-state index in [1.165, 1.54) is 0 Å². The molecule has 0 amide bonds. The number of nitrogens with one attached hydrogen (secondary N) is 1. The summed E-state index contributed by atoms with van der Waals surface area (Å²) in [5.74, 6) is 1.91. The molecule has 2 unspecified atom stereocenters. The fourth-order valence-electron chi connectivity index (χ4n) is 2.51. The molecule has 0 aliphatic carbocycles. The molecule has 1 aromatic heterocycles. The van der Waals surface area contributed by atoms with Crippen LogP contribution in [-0.2, 0) is 4.74 Å². The van der Waals surface area contributed by atoms with Gasteiger partial charge in [0.2, 0.25) is 0 Å². The van der Waals surface area contributed by atoms with Gasteiger partial charge in [-0.05, 0) is 13.3 Å². The first-order valence-corrected chi connectivity index (χ1v) is 7.54. The van der Waals surface area contributed by atoms with Crippen LogP contribution in [0.25, 0.3) is 11.4 Å². The van der Waals surface area contributed by atoms with Crippen LogP contribution in [0.5, 0.6) is 0 Å². The molecule has 1 aromatic carbocycles. The molecule has 4 nitrogen and oxygen atoms in total. The van der Waals surface area contributed by atoms with Crippen molar-refractivity contribution in [1.29, 1.82) is 0 Å². The van der Waals surface area contributed by atoms with E-state index in [4.69, 9.17) is 16.3 Å². The Balaban J connectivity index is 1.81. The van der Waals surface area contributed by atoms with Crippen LogP contribution in [0.2, 0.25) is 5.15 Å². The molecule has 1 aliphatic heterocycles. The Morgan fingerprint density at radius 2 is 2.10 bits per heavy atom. The van der Waals surface area contributed by atoms with Crippen LogP contribution in [0.3, 0.4) is 0 Å². The molecule has 1 aliphatic rings. The van der Waals surface area contributed by atoms with Crippen LogP contribution >= 0.6 is 11.6 Å². The quantitative estimate of drug-likeness (QED) is 0.876. The van der Waals surface area contributed by atoms with Gasteiger partial charge in [0.1, 0.15) is 11.0 Å². The van der Waals surface area contributed by atoms with Gasteiger partial charge in [0.05, 0.1) is 6.61 Å². The monoisotopic (exact) mass is 303 g/mol. The van der Waals surface area contributed by atoms with Crippen molar-refractivity contribution in [3.8, 4) is 11.4 Å². The van der Waals surface area contributed by atoms with Crippen LogP contribution in [0, 0.1) is 5.92 Å². The van der Waals surface area contributed by atoms with Crippen molar-refractivity contribution in [2.24, 2.45) is 5.92 Å². The fourth-order valence-corrected chi connectivity index (χ4v) is 2.69. The van der Waals surface area contributed by atoms with E-state index in [-0.39, 0.29) is 0 Å². The average molecular weight is 304 g/mol. The summed E-state index contributed by atoms with van der Waals surface area (Å²) < 4.78 is 5.43. The van der Waals surface area contributed by atoms with E-state index in [1.54, 1.807) is 6.07 Å². The van der Waals surface area contributed by atoms with E-state index in [9.17, 15) is 0 Å². The second-order valence-electron chi connectivity index (χ2n) is 5.32. The van der Waals surface area contributed by atoms with Crippen LogP contribution in [0.4, 0.5) is 5.82 Å². The van der Waals surface area contributed by atoms with Gasteiger partial charge in [-0.15, -0.1) is 0 Å². The van der Waals surface area contributed by atoms with Gasteiger partial charge in [-0.3, -0.25) is 0 Å². The first-order chi connectivity index (χ1) is 10.2. The van der Waals surface area contributed by atoms with Gasteiger partial charge >= 0.3 is 0 Å². The maximum absolute atomic E-state index is 6.13. The molecule has 110 valence electrons. The normalized spacial score (nSPS) is 19.4. The number of hydrogen-bond acceptors (Lipinski definition) is 4. The van der Waals surface area contributed by atoms with E-state index >= 15 is 0 Å². The Labute approximate surface area is 129 Å². The molecule has 1 N–H and O–H groups in total. The van der Waals surface area contributed by atoms with Crippen molar-refractivity contribution in [3.05, 3.63) is 41.6 Å². The Kier molecular flexibility index (Phi) is 4.36. The lowest BCUT2D eigenvalue weighted by Crippen LogP contribution is -2.26. The molecule has 0 spiro atoms. The Hall–Kier alpha value is -1.65. The molecule has 0 saturated carbocycles. The maximum atomic E-state index is 6.13. The lowest BCUT2D eigenvalue weighted by molar-refractivity contribution is 0.183. The number of rotatable bonds is 4. The van der Waals surface area contributed by atoms with Crippen molar-refractivity contribution < 1.29 is 4.74 Å². The third kappa shape index (κ3) is 3.52. The molecular weight excluding hydrogens is 286 g/mol. The highest BCUT2D eigenvalue weighted by Gasteiger charge is 2.22. The van der Waals surface area contributed by atoms with Crippen LogP contribution in [-0.4, -0.2) is 29.2 Å². The fraction of sp³-hybridized carbons (Fsp3) is 0.375. The molecular formula is C16H18ClN3O. The van der Waals surface area contributed by atoms with Gasteiger partial charge in [-0.1, -0.05) is 41.9 Å². The van der Waals surface area contributed by atoms with Gasteiger partial charge < -0.3 is 10.1 Å². The minimum Gasteiger partial charge on any atom is -0.381 e. The molecule has 1 fully saturated rings. The summed E-state index contributed by atoms with van der Waals surface area (Å²) in [5.41, 5.74) is 0.958. The van der Waals surface area contributed by atoms with E-state index in [0.29, 0.717) is 22.9 Å². The number of nitrogens with zero attached hydrogens (tertiary/aromatic N) is 2. The molecule has 0 bridgehead atoms. The SMILES string of the molecule is CC(Nc1cc(Cl)nc(-c2ccccc2)n1)C1CCOC1. The van der Waals surface area contributed by atoms with Crippen LogP contribution in [0.15, 0.2) is 36.4 Å². The average Bonchev–Trinajstić information content (AvgIpc) is 3.02. The van der Waals surface area contributed by atoms with E-state index in [0.717, 1.165) is 31.0 Å². The standard InChI is InChI=1S/C16H18ClN3O/c1-11(13-7-8-21-10-13)18-15-9-14(17)19-16(20-15)12-5-3-2-4-6-12/h2-6,9,11,13H,7-8,10H2,1H3,(H,18,19,20). The zero-order chi connectivity index (χ0) is 14.7. The number of benzene rings is 1. The van der Waals surface area contributed by atoms with Crippen LogP contribution < -0.4 is 5.32 Å². The van der Waals surface area contributed by atoms with Gasteiger partial charge in [-0.2, -0.15) is 0 Å². The first-order valence-electron chi connectivity index (χ1n) is 7.16. The molecule has 2 heterocycles. The van der Waals surface area contributed by atoms with E-state index in [2.05, 4.69) is 22.2 Å². The highest BCUT2D eigenvalue weighted by Crippen LogP contribution is 2.23. The zero-order valence-electron chi connectivity index (χ0n) is 11.9. The highest BCUT2D eigenvalue weighted by atomic mass is 35.5. The number of ether oxygens (including phenoxy) is 1. The van der Waals surface area contributed by atoms with Crippen molar-refractivity contribution in [1.82, 2.24) is 9.97 Å². The predicted octanol–water partition coefficient (Wildman–Crippen LogP) is 3.63. The van der Waals surface area contributed by atoms with Gasteiger partial charge in [0, 0.05) is 30.2 Å². The predicted molar refractivity (Wildman–Crippen MR) is 84.5 cm³/mol. The molecule has 2 atom stereocenters. The maximum Gasteiger partial charge on any atom is 0.163 e. The van der Waals surface area contributed by atoms with Gasteiger partial charge in [0.15, 0.2) is 5.82 Å². The van der Waals surface area contributed by atoms with Gasteiger partial charge in [0.25, 0.3) is 0 Å². The summed E-state index contributed by atoms with van der Waals surface area (Å²) in [7, 11) is 0. The zero-order valence-corrected chi connectivity index (χ0v) is 12.7. The first kappa shape index (κ1) is 14.3. The highest BCUT2D eigenvalue weighted by molar-refractivity contribution is 6.29. The molecule has 21 heavy (non-hydrogen) atoms. The molecule has 3 rings (SSSR count). The number of anilines is 1. The summed E-state index contributed by atoms with van der Waals surface area (Å²) in [6, 6.07) is 11.9. The van der Waals surface area contributed by atoms with Crippen LogP contribution in [0.1, 0.15) is 13.3 Å². The van der Waals surface area contributed by atoms with E-state index in [1.807, 2.05) is 30.3 Å². The number of halogens is 1. The van der Waals surface area contributed by atoms with E-state index < -0.39 is 0 Å². The molecule has 5 heteroatoms. The Bertz CT molecular complexity index is 600. The summed E-state index contributed by atoms with van der Waals surface area (Å²) in [6.07, 6.45) is 1.08. The lowest BCUT2D eigenvalue weighted by atomic mass is 10.0. The van der Waals surface area contributed by atoms with Crippen molar-refractivity contribution in [2.45, 2.75) is 19.4 Å². The third-order valence-corrected chi connectivity index (χ3v) is 3.97. The molecule has 1 saturated heterocycles. The Morgan fingerprint density at radius 1 is 1.29 bits per heavy atom. The lowest BCUT2D eigenvalue weighted by Gasteiger charge is -2.20. The minimum absolute atomic E-state index is 0.294. The second kappa shape index (κ2) is 6.41. The third-order valence-electron chi connectivity index (χ3n) is 3.77. The largest absolute Gasteiger partial charge is 0.381 e. The molecule has 2 aromatic rings. The number of hydrogen-bond donors (Lipinski definition) is 1. The van der Waals surface area contributed by atoms with Gasteiger partial charge in [-0.25, -0.2) is 9.97 Å². The molecule has 0 radical (unpaired) electrons. The second-order valence-corrected chi connectivity index (χ2v) is 5.71. The van der Waals surface area contributed by atoms with Crippen molar-refractivity contribution in [2.75, 3.05) is 18.5 Å². The topological polar surface area (TPSA) is 47.0 Å². The Morgan fingerprint density at radius 3 is 2.81 bits per heavy atom. The summed E-state index contributed by atoms with van der Waals surface area (Å²) >= 11 is 6.13. The number of aromatic nitrogens is 2. The summed E-state index contributed by atoms with van der Waals surface area (Å²) in [6.45, 7) is 3.80. The summed E-state index contributed by atoms with van der Waals surface area (Å²) in [4.78, 5) is 8.87. The van der Waals surface area contributed by atoms with Crippen molar-refractivity contribution >= 4 is 17.4 Å². The smallest absolute Gasteiger partial charge is 0.163 e.